The van der Waals surface area contributed by atoms with Crippen LogP contribution < -0.4 is 0 Å². The molecular weight excluding hydrogens is 198 g/mol. The largest absolute Gasteiger partial charge is 0.388 e. The Bertz CT molecular complexity index is 493. The number of rotatable bonds is 4. The molecule has 1 aromatic heterocycles. The summed E-state index contributed by atoms with van der Waals surface area (Å²) in [6.07, 6.45) is 4.73. The lowest BCUT2D eigenvalue weighted by molar-refractivity contribution is 0.169. The standard InChI is InChI=1S/C14H15NO/c1-2-3-6-14(16)12-7-8-13-11(10-12)5-4-9-15-13/h2,4-5,7-10,14,16H,1,3,6H2. The van der Waals surface area contributed by atoms with E-state index in [9.17, 15) is 5.11 Å². The number of aliphatic hydroxyl groups is 1. The average molecular weight is 213 g/mol. The monoisotopic (exact) mass is 213 g/mol. The van der Waals surface area contributed by atoms with Crippen molar-refractivity contribution < 1.29 is 5.11 Å². The van der Waals surface area contributed by atoms with Crippen molar-refractivity contribution in [2.45, 2.75) is 18.9 Å². The van der Waals surface area contributed by atoms with Crippen LogP contribution in [0.3, 0.4) is 0 Å². The van der Waals surface area contributed by atoms with Gasteiger partial charge in [0.15, 0.2) is 0 Å². The SMILES string of the molecule is C=CCCC(O)c1ccc2ncccc2c1. The van der Waals surface area contributed by atoms with Gasteiger partial charge in [-0.1, -0.05) is 18.2 Å². The zero-order valence-corrected chi connectivity index (χ0v) is 9.13. The zero-order chi connectivity index (χ0) is 11.4. The first-order valence-electron chi connectivity index (χ1n) is 5.45. The highest BCUT2D eigenvalue weighted by Gasteiger charge is 2.06. The smallest absolute Gasteiger partial charge is 0.0793 e. The van der Waals surface area contributed by atoms with Gasteiger partial charge in [-0.2, -0.15) is 0 Å². The third-order valence-corrected chi connectivity index (χ3v) is 2.66. The quantitative estimate of drug-likeness (QED) is 0.791. The van der Waals surface area contributed by atoms with E-state index in [0.717, 1.165) is 29.3 Å². The van der Waals surface area contributed by atoms with Gasteiger partial charge in [0.2, 0.25) is 0 Å². The number of nitrogens with zero attached hydrogens (tertiary/aromatic N) is 1. The first kappa shape index (κ1) is 10.8. The van der Waals surface area contributed by atoms with E-state index in [-0.39, 0.29) is 0 Å². The van der Waals surface area contributed by atoms with Crippen LogP contribution in [0, 0.1) is 0 Å². The molecule has 0 saturated carbocycles. The number of aromatic nitrogens is 1. The highest BCUT2D eigenvalue weighted by molar-refractivity contribution is 5.78. The van der Waals surface area contributed by atoms with Crippen LogP contribution >= 0.6 is 0 Å². The van der Waals surface area contributed by atoms with Crippen molar-refractivity contribution in [1.82, 2.24) is 4.98 Å². The minimum atomic E-state index is -0.414. The van der Waals surface area contributed by atoms with E-state index in [4.69, 9.17) is 0 Å². The van der Waals surface area contributed by atoms with Crippen molar-refractivity contribution in [3.05, 3.63) is 54.7 Å². The van der Waals surface area contributed by atoms with E-state index in [1.165, 1.54) is 0 Å². The number of fused-ring (bicyclic) bond motifs is 1. The molecule has 0 aliphatic carbocycles. The molecule has 2 nitrogen and oxygen atoms in total. The number of hydrogen-bond acceptors (Lipinski definition) is 2. The lowest BCUT2D eigenvalue weighted by Gasteiger charge is -2.10. The van der Waals surface area contributed by atoms with Crippen molar-refractivity contribution in [2.24, 2.45) is 0 Å². The minimum Gasteiger partial charge on any atom is -0.388 e. The van der Waals surface area contributed by atoms with Crippen molar-refractivity contribution in [3.63, 3.8) is 0 Å². The van der Waals surface area contributed by atoms with Gasteiger partial charge in [0.1, 0.15) is 0 Å². The van der Waals surface area contributed by atoms with Gasteiger partial charge in [0, 0.05) is 11.6 Å². The number of allylic oxidation sites excluding steroid dienone is 1. The molecule has 1 heterocycles. The molecule has 1 N–H and O–H groups in total. The molecule has 2 aromatic rings. The number of hydrogen-bond donors (Lipinski definition) is 1. The molecule has 0 bridgehead atoms. The van der Waals surface area contributed by atoms with Crippen LogP contribution in [0.15, 0.2) is 49.2 Å². The molecule has 0 amide bonds. The summed E-state index contributed by atoms with van der Waals surface area (Å²) in [6, 6.07) is 9.79. The van der Waals surface area contributed by atoms with Crippen LogP contribution in [-0.2, 0) is 0 Å². The van der Waals surface area contributed by atoms with Gasteiger partial charge in [-0.15, -0.1) is 6.58 Å². The average Bonchev–Trinajstić information content (AvgIpc) is 2.35. The Morgan fingerprint density at radius 1 is 1.38 bits per heavy atom. The van der Waals surface area contributed by atoms with Crippen LogP contribution in [0.5, 0.6) is 0 Å². The molecule has 2 rings (SSSR count). The molecule has 1 unspecified atom stereocenters. The Kier molecular flexibility index (Phi) is 3.32. The van der Waals surface area contributed by atoms with E-state index in [2.05, 4.69) is 11.6 Å². The fourth-order valence-corrected chi connectivity index (χ4v) is 1.74. The van der Waals surface area contributed by atoms with Crippen molar-refractivity contribution in [1.29, 1.82) is 0 Å². The summed E-state index contributed by atoms with van der Waals surface area (Å²) in [5.74, 6) is 0. The number of pyridine rings is 1. The van der Waals surface area contributed by atoms with Crippen molar-refractivity contribution >= 4 is 10.9 Å². The Hall–Kier alpha value is -1.67. The Labute approximate surface area is 95.3 Å². The molecule has 0 fully saturated rings. The summed E-state index contributed by atoms with van der Waals surface area (Å²) in [6.45, 7) is 3.66. The van der Waals surface area contributed by atoms with Gasteiger partial charge in [-0.05, 0) is 36.6 Å². The predicted octanol–water partition coefficient (Wildman–Crippen LogP) is 3.23. The first-order valence-corrected chi connectivity index (χ1v) is 5.45. The molecule has 1 aromatic carbocycles. The number of aliphatic hydroxyl groups excluding tert-OH is 1. The molecular formula is C14H15NO. The van der Waals surface area contributed by atoms with Gasteiger partial charge in [-0.25, -0.2) is 0 Å². The Morgan fingerprint density at radius 3 is 3.06 bits per heavy atom. The molecule has 82 valence electrons. The second-order valence-electron chi connectivity index (χ2n) is 3.84. The lowest BCUT2D eigenvalue weighted by Crippen LogP contribution is -1.96. The Morgan fingerprint density at radius 2 is 2.25 bits per heavy atom. The van der Waals surface area contributed by atoms with E-state index >= 15 is 0 Å². The zero-order valence-electron chi connectivity index (χ0n) is 9.13. The van der Waals surface area contributed by atoms with Gasteiger partial charge in [-0.3, -0.25) is 4.98 Å². The van der Waals surface area contributed by atoms with E-state index < -0.39 is 6.10 Å². The summed E-state index contributed by atoms with van der Waals surface area (Å²) < 4.78 is 0. The molecule has 16 heavy (non-hydrogen) atoms. The summed E-state index contributed by atoms with van der Waals surface area (Å²) in [7, 11) is 0. The van der Waals surface area contributed by atoms with Crippen LogP contribution in [0.2, 0.25) is 0 Å². The third kappa shape index (κ3) is 2.28. The van der Waals surface area contributed by atoms with Gasteiger partial charge < -0.3 is 5.11 Å². The van der Waals surface area contributed by atoms with Crippen LogP contribution in [0.4, 0.5) is 0 Å². The third-order valence-electron chi connectivity index (χ3n) is 2.66. The van der Waals surface area contributed by atoms with Gasteiger partial charge in [0.05, 0.1) is 11.6 Å². The molecule has 0 aliphatic heterocycles. The van der Waals surface area contributed by atoms with Crippen molar-refractivity contribution in [3.8, 4) is 0 Å². The second kappa shape index (κ2) is 4.90. The Balaban J connectivity index is 2.28. The molecule has 2 heteroatoms. The summed E-state index contributed by atoms with van der Waals surface area (Å²) >= 11 is 0. The minimum absolute atomic E-state index is 0.414. The molecule has 0 spiro atoms. The molecule has 0 saturated heterocycles. The summed E-state index contributed by atoms with van der Waals surface area (Å²) in [5.41, 5.74) is 1.91. The fourth-order valence-electron chi connectivity index (χ4n) is 1.74. The summed E-state index contributed by atoms with van der Waals surface area (Å²) in [5, 5.41) is 11.0. The van der Waals surface area contributed by atoms with E-state index in [1.54, 1.807) is 6.20 Å². The predicted molar refractivity (Wildman–Crippen MR) is 66.1 cm³/mol. The van der Waals surface area contributed by atoms with Gasteiger partial charge >= 0.3 is 0 Å². The van der Waals surface area contributed by atoms with E-state index in [1.807, 2.05) is 36.4 Å². The maximum atomic E-state index is 9.94. The maximum Gasteiger partial charge on any atom is 0.0793 e. The highest BCUT2D eigenvalue weighted by atomic mass is 16.3. The van der Waals surface area contributed by atoms with Crippen LogP contribution in [0.1, 0.15) is 24.5 Å². The second-order valence-corrected chi connectivity index (χ2v) is 3.84. The summed E-state index contributed by atoms with van der Waals surface area (Å²) in [4.78, 5) is 4.25. The van der Waals surface area contributed by atoms with E-state index in [0.29, 0.717) is 0 Å². The molecule has 0 aliphatic rings. The highest BCUT2D eigenvalue weighted by Crippen LogP contribution is 2.22. The number of benzene rings is 1. The maximum absolute atomic E-state index is 9.94. The lowest BCUT2D eigenvalue weighted by atomic mass is 10.0. The normalized spacial score (nSPS) is 12.6. The van der Waals surface area contributed by atoms with Crippen LogP contribution in [-0.4, -0.2) is 10.1 Å². The fraction of sp³-hybridized carbons (Fsp3) is 0.214. The molecule has 1 atom stereocenters. The van der Waals surface area contributed by atoms with Crippen molar-refractivity contribution in [2.75, 3.05) is 0 Å². The molecule has 0 radical (unpaired) electrons. The topological polar surface area (TPSA) is 33.1 Å². The van der Waals surface area contributed by atoms with Crippen LogP contribution in [0.25, 0.3) is 10.9 Å². The first-order chi connectivity index (χ1) is 7.81. The van der Waals surface area contributed by atoms with Gasteiger partial charge in [0.25, 0.3) is 0 Å².